The average Bonchev–Trinajstić information content (AvgIpc) is 2.68. The van der Waals surface area contributed by atoms with E-state index in [0.717, 1.165) is 12.0 Å². The lowest BCUT2D eigenvalue weighted by Gasteiger charge is -2.33. The summed E-state index contributed by atoms with van der Waals surface area (Å²) in [6.45, 7) is 8.91. The van der Waals surface area contributed by atoms with Gasteiger partial charge in [-0.1, -0.05) is 13.3 Å². The first-order valence-electron chi connectivity index (χ1n) is 10.5. The van der Waals surface area contributed by atoms with Gasteiger partial charge in [0.2, 0.25) is 0 Å². The number of aryl methyl sites for hydroxylation is 2. The zero-order valence-electron chi connectivity index (χ0n) is 18.6. The summed E-state index contributed by atoms with van der Waals surface area (Å²) in [4.78, 5) is 36.0. The predicted octanol–water partition coefficient (Wildman–Crippen LogP) is 3.26. The summed E-state index contributed by atoms with van der Waals surface area (Å²) >= 11 is 0. The second-order valence-corrected chi connectivity index (χ2v) is 8.59. The Labute approximate surface area is 180 Å². The number of carbonyl (C=O) groups excluding carboxylic acids is 1. The van der Waals surface area contributed by atoms with E-state index in [1.807, 2.05) is 27.7 Å². The molecule has 2 N–H and O–H groups in total. The standard InChI is InChI=1S/C23H29NO7/c1-6-7-15(21(26)27)24-18(25)11-29-17-10-16-14(8-9-23(4,5)31-16)20-19(17)12(2)13(3)22(28)30-20/h10,15H,6-9,11H2,1-5H3,(H,24,25)(H,26,27)/t15-/m0/s1. The van der Waals surface area contributed by atoms with Crippen molar-refractivity contribution < 1.29 is 28.6 Å². The van der Waals surface area contributed by atoms with Crippen molar-refractivity contribution in [3.05, 3.63) is 33.2 Å². The van der Waals surface area contributed by atoms with Crippen LogP contribution in [0.2, 0.25) is 0 Å². The number of hydrogen-bond acceptors (Lipinski definition) is 6. The number of nitrogens with one attached hydrogen (secondary N) is 1. The fourth-order valence-electron chi connectivity index (χ4n) is 3.77. The van der Waals surface area contributed by atoms with Crippen LogP contribution in [0.3, 0.4) is 0 Å². The van der Waals surface area contributed by atoms with Crippen LogP contribution in [0.4, 0.5) is 0 Å². The molecule has 3 rings (SSSR count). The van der Waals surface area contributed by atoms with Gasteiger partial charge in [0.1, 0.15) is 28.7 Å². The number of carboxylic acids is 1. The molecule has 1 amide bonds. The molecule has 0 unspecified atom stereocenters. The smallest absolute Gasteiger partial charge is 0.339 e. The molecular formula is C23H29NO7. The van der Waals surface area contributed by atoms with Crippen molar-refractivity contribution in [2.45, 2.75) is 71.9 Å². The Morgan fingerprint density at radius 2 is 2.00 bits per heavy atom. The molecule has 2 aromatic rings. The minimum Gasteiger partial charge on any atom is -0.487 e. The maximum Gasteiger partial charge on any atom is 0.339 e. The Balaban J connectivity index is 1.98. The predicted molar refractivity (Wildman–Crippen MR) is 115 cm³/mol. The van der Waals surface area contributed by atoms with Gasteiger partial charge in [-0.3, -0.25) is 4.79 Å². The van der Waals surface area contributed by atoms with Crippen LogP contribution >= 0.6 is 0 Å². The Morgan fingerprint density at radius 1 is 1.29 bits per heavy atom. The molecule has 2 heterocycles. The van der Waals surface area contributed by atoms with E-state index in [1.54, 1.807) is 13.0 Å². The van der Waals surface area contributed by atoms with Crippen LogP contribution in [-0.4, -0.2) is 35.2 Å². The number of aliphatic carboxylic acids is 1. The minimum absolute atomic E-state index is 0.329. The minimum atomic E-state index is -1.08. The lowest BCUT2D eigenvalue weighted by molar-refractivity contribution is -0.142. The van der Waals surface area contributed by atoms with Crippen LogP contribution in [-0.2, 0) is 16.0 Å². The first kappa shape index (κ1) is 22.7. The van der Waals surface area contributed by atoms with Gasteiger partial charge in [0.15, 0.2) is 6.61 Å². The average molecular weight is 431 g/mol. The summed E-state index contributed by atoms with van der Waals surface area (Å²) < 4.78 is 17.5. The van der Waals surface area contributed by atoms with Crippen LogP contribution in [0, 0.1) is 13.8 Å². The topological polar surface area (TPSA) is 115 Å². The fourth-order valence-corrected chi connectivity index (χ4v) is 3.77. The monoisotopic (exact) mass is 431 g/mol. The number of hydrogen-bond donors (Lipinski definition) is 2. The molecule has 0 saturated carbocycles. The van der Waals surface area contributed by atoms with Crippen molar-refractivity contribution in [2.75, 3.05) is 6.61 Å². The number of carboxylic acid groups (broad SMARTS) is 1. The van der Waals surface area contributed by atoms with Gasteiger partial charge in [0.25, 0.3) is 5.91 Å². The van der Waals surface area contributed by atoms with E-state index in [0.29, 0.717) is 52.9 Å². The molecular weight excluding hydrogens is 402 g/mol. The summed E-state index contributed by atoms with van der Waals surface area (Å²) in [7, 11) is 0. The summed E-state index contributed by atoms with van der Waals surface area (Å²) in [5.41, 5.74) is 1.59. The van der Waals surface area contributed by atoms with Crippen LogP contribution in [0.25, 0.3) is 11.0 Å². The molecule has 31 heavy (non-hydrogen) atoms. The third-order valence-corrected chi connectivity index (χ3v) is 5.68. The molecule has 8 heteroatoms. The lowest BCUT2D eigenvalue weighted by atomic mass is 9.92. The van der Waals surface area contributed by atoms with E-state index < -0.39 is 23.5 Å². The molecule has 0 aliphatic carbocycles. The molecule has 0 radical (unpaired) electrons. The number of fused-ring (bicyclic) bond motifs is 3. The molecule has 1 aliphatic rings. The van der Waals surface area contributed by atoms with E-state index in [9.17, 15) is 19.5 Å². The summed E-state index contributed by atoms with van der Waals surface area (Å²) in [6, 6.07) is 0.756. The largest absolute Gasteiger partial charge is 0.487 e. The third kappa shape index (κ3) is 4.68. The highest BCUT2D eigenvalue weighted by atomic mass is 16.5. The van der Waals surface area contributed by atoms with E-state index in [-0.39, 0.29) is 12.2 Å². The van der Waals surface area contributed by atoms with E-state index in [4.69, 9.17) is 13.9 Å². The molecule has 1 aromatic carbocycles. The van der Waals surface area contributed by atoms with Crippen molar-refractivity contribution in [1.82, 2.24) is 5.32 Å². The highest BCUT2D eigenvalue weighted by molar-refractivity contribution is 5.92. The summed E-state index contributed by atoms with van der Waals surface area (Å²) in [5.74, 6) is -0.716. The van der Waals surface area contributed by atoms with E-state index in [2.05, 4.69) is 5.32 Å². The molecule has 0 bridgehead atoms. The zero-order chi connectivity index (χ0) is 22.9. The molecule has 1 aromatic heterocycles. The Morgan fingerprint density at radius 3 is 2.65 bits per heavy atom. The number of ether oxygens (including phenoxy) is 2. The molecule has 1 aliphatic heterocycles. The Hall–Kier alpha value is -3.03. The second-order valence-electron chi connectivity index (χ2n) is 8.59. The van der Waals surface area contributed by atoms with Gasteiger partial charge in [-0.15, -0.1) is 0 Å². The number of carbonyl (C=O) groups is 2. The van der Waals surface area contributed by atoms with Gasteiger partial charge >= 0.3 is 11.6 Å². The van der Waals surface area contributed by atoms with Gasteiger partial charge in [-0.05, 0) is 52.5 Å². The van der Waals surface area contributed by atoms with Crippen molar-refractivity contribution in [2.24, 2.45) is 0 Å². The number of rotatable bonds is 7. The lowest BCUT2D eigenvalue weighted by Crippen LogP contribution is -2.42. The van der Waals surface area contributed by atoms with Crippen molar-refractivity contribution in [3.63, 3.8) is 0 Å². The van der Waals surface area contributed by atoms with Crippen LogP contribution in [0.5, 0.6) is 11.5 Å². The maximum absolute atomic E-state index is 12.3. The third-order valence-electron chi connectivity index (χ3n) is 5.68. The quantitative estimate of drug-likeness (QED) is 0.647. The normalized spacial score (nSPS) is 15.6. The first-order chi connectivity index (χ1) is 14.5. The molecule has 0 fully saturated rings. The molecule has 168 valence electrons. The fraction of sp³-hybridized carbons (Fsp3) is 0.522. The van der Waals surface area contributed by atoms with Crippen LogP contribution in [0.15, 0.2) is 15.3 Å². The molecule has 8 nitrogen and oxygen atoms in total. The number of amides is 1. The Bertz CT molecular complexity index is 1080. The van der Waals surface area contributed by atoms with Gasteiger partial charge in [-0.2, -0.15) is 0 Å². The van der Waals surface area contributed by atoms with Crippen molar-refractivity contribution in [1.29, 1.82) is 0 Å². The number of benzene rings is 1. The SMILES string of the molecule is CCC[C@H](NC(=O)COc1cc2c(c3oc(=O)c(C)c(C)c13)CCC(C)(C)O2)C(=O)O. The summed E-state index contributed by atoms with van der Waals surface area (Å²) in [5, 5.41) is 12.3. The van der Waals surface area contributed by atoms with Crippen molar-refractivity contribution >= 4 is 22.8 Å². The highest BCUT2D eigenvalue weighted by Crippen LogP contribution is 2.43. The maximum atomic E-state index is 12.3. The molecule has 0 spiro atoms. The second kappa shape index (κ2) is 8.61. The van der Waals surface area contributed by atoms with Gasteiger partial charge in [-0.25, -0.2) is 9.59 Å². The van der Waals surface area contributed by atoms with E-state index >= 15 is 0 Å². The van der Waals surface area contributed by atoms with E-state index in [1.165, 1.54) is 0 Å². The highest BCUT2D eigenvalue weighted by Gasteiger charge is 2.31. The van der Waals surface area contributed by atoms with Crippen LogP contribution < -0.4 is 20.4 Å². The van der Waals surface area contributed by atoms with Gasteiger partial charge in [0, 0.05) is 17.2 Å². The molecule has 1 atom stereocenters. The van der Waals surface area contributed by atoms with Gasteiger partial charge in [0.05, 0.1) is 5.39 Å². The summed E-state index contributed by atoms with van der Waals surface area (Å²) in [6.07, 6.45) is 2.40. The molecule has 0 saturated heterocycles. The Kier molecular flexibility index (Phi) is 6.29. The van der Waals surface area contributed by atoms with Gasteiger partial charge < -0.3 is 24.3 Å². The zero-order valence-corrected chi connectivity index (χ0v) is 18.6. The van der Waals surface area contributed by atoms with Crippen LogP contribution in [0.1, 0.15) is 56.7 Å². The van der Waals surface area contributed by atoms with Crippen molar-refractivity contribution in [3.8, 4) is 11.5 Å². The first-order valence-corrected chi connectivity index (χ1v) is 10.5.